The fourth-order valence-electron chi connectivity index (χ4n) is 3.48. The van der Waals surface area contributed by atoms with E-state index in [4.69, 9.17) is 5.73 Å². The first-order valence-electron chi connectivity index (χ1n) is 8.83. The fourth-order valence-corrected chi connectivity index (χ4v) is 4.63. The van der Waals surface area contributed by atoms with Gasteiger partial charge < -0.3 is 20.2 Å². The van der Waals surface area contributed by atoms with Gasteiger partial charge in [-0.15, -0.1) is 0 Å². The smallest absolute Gasteiger partial charge is 0.744 e. The minimum atomic E-state index is -5.16. The Morgan fingerprint density at radius 1 is 0.735 bits per heavy atom. The standard InChI is InChI=1S/C20H14N2O8S2.2Na/c21-18-15(32(28,29)30)9-14(22-10-4-3-5-11(8-10)31(25,26)27)16-17(18)20(24)13-7-2-1-6-12(13)19(16)23;;/h1-9,22H,21H2,(H,25,26,27)(H,28,29,30);;/q;2*+1/p-2. The Kier molecular flexibility index (Phi) is 8.59. The largest absolute Gasteiger partial charge is 1.00 e. The molecule has 0 bridgehead atoms. The summed E-state index contributed by atoms with van der Waals surface area (Å²) >= 11 is 0. The molecule has 3 N–H and O–H groups in total. The quantitative estimate of drug-likeness (QED) is 0.152. The van der Waals surface area contributed by atoms with Crippen LogP contribution in [0.3, 0.4) is 0 Å². The third kappa shape index (κ3) is 5.16. The summed E-state index contributed by atoms with van der Waals surface area (Å²) in [5.41, 5.74) is 4.19. The molecule has 1 aliphatic rings. The van der Waals surface area contributed by atoms with Crippen LogP contribution in [0.25, 0.3) is 0 Å². The predicted molar refractivity (Wildman–Crippen MR) is 110 cm³/mol. The van der Waals surface area contributed by atoms with Crippen LogP contribution in [0.15, 0.2) is 64.4 Å². The molecule has 1 aliphatic carbocycles. The number of fused-ring (bicyclic) bond motifs is 2. The maximum atomic E-state index is 13.2. The normalized spacial score (nSPS) is 12.6. The van der Waals surface area contributed by atoms with E-state index in [2.05, 4.69) is 5.32 Å². The molecule has 0 aromatic heterocycles. The van der Waals surface area contributed by atoms with Gasteiger partial charge in [-0.25, -0.2) is 16.8 Å². The summed E-state index contributed by atoms with van der Waals surface area (Å²) in [5.74, 6) is -1.41. The Labute approximate surface area is 239 Å². The van der Waals surface area contributed by atoms with Crippen LogP contribution in [0.5, 0.6) is 0 Å². The van der Waals surface area contributed by atoms with Crippen molar-refractivity contribution in [3.8, 4) is 0 Å². The van der Waals surface area contributed by atoms with Gasteiger partial charge in [0, 0.05) is 16.8 Å². The first kappa shape index (κ1) is 28.7. The molecule has 0 spiro atoms. The number of hydrogen-bond acceptors (Lipinski definition) is 10. The van der Waals surface area contributed by atoms with Crippen LogP contribution in [-0.2, 0) is 20.2 Å². The summed E-state index contributed by atoms with van der Waals surface area (Å²) < 4.78 is 69.3. The topological polar surface area (TPSA) is 187 Å². The number of nitrogen functional groups attached to an aromatic ring is 1. The van der Waals surface area contributed by atoms with Crippen LogP contribution in [0.2, 0.25) is 0 Å². The van der Waals surface area contributed by atoms with Gasteiger partial charge in [0.05, 0.1) is 32.3 Å². The minimum absolute atomic E-state index is 0. The van der Waals surface area contributed by atoms with Crippen molar-refractivity contribution >= 4 is 48.9 Å². The molecule has 0 radical (unpaired) electrons. The Balaban J connectivity index is 0.00000204. The summed E-state index contributed by atoms with van der Waals surface area (Å²) in [6, 6.07) is 11.2. The third-order valence-electron chi connectivity index (χ3n) is 4.87. The number of ketones is 2. The van der Waals surface area contributed by atoms with Crippen molar-refractivity contribution in [2.24, 2.45) is 0 Å². The number of benzene rings is 3. The number of carbonyl (C=O) groups excluding carboxylic acids is 2. The van der Waals surface area contributed by atoms with Crippen LogP contribution in [0.1, 0.15) is 31.8 Å². The van der Waals surface area contributed by atoms with Crippen molar-refractivity contribution in [3.05, 3.63) is 76.9 Å². The zero-order valence-electron chi connectivity index (χ0n) is 17.9. The molecule has 0 heterocycles. The number of hydrogen-bond donors (Lipinski definition) is 2. The number of nitrogens with one attached hydrogen (secondary N) is 1. The van der Waals surface area contributed by atoms with Crippen LogP contribution in [-0.4, -0.2) is 37.5 Å². The van der Waals surface area contributed by atoms with Gasteiger partial charge >= 0.3 is 59.1 Å². The molecule has 10 nitrogen and oxygen atoms in total. The average Bonchev–Trinajstić information content (AvgIpc) is 2.71. The molecule has 3 aromatic carbocycles. The van der Waals surface area contributed by atoms with Gasteiger partial charge in [0.2, 0.25) is 0 Å². The Morgan fingerprint density at radius 3 is 1.82 bits per heavy atom. The summed E-state index contributed by atoms with van der Waals surface area (Å²) in [6.45, 7) is 0. The molecule has 4 rings (SSSR count). The Bertz CT molecular complexity index is 1550. The van der Waals surface area contributed by atoms with Crippen molar-refractivity contribution in [1.29, 1.82) is 0 Å². The van der Waals surface area contributed by atoms with E-state index >= 15 is 0 Å². The Hall–Kier alpha value is -1.58. The second kappa shape index (κ2) is 10.2. The summed E-state index contributed by atoms with van der Waals surface area (Å²) in [4.78, 5) is 24.7. The van der Waals surface area contributed by atoms with E-state index in [-0.39, 0.29) is 87.2 Å². The number of nitrogens with two attached hydrogens (primary N) is 1. The molecule has 0 fully saturated rings. The van der Waals surface area contributed by atoms with Gasteiger partial charge in [0.15, 0.2) is 11.6 Å². The van der Waals surface area contributed by atoms with Crippen molar-refractivity contribution in [1.82, 2.24) is 0 Å². The van der Waals surface area contributed by atoms with E-state index in [1.54, 1.807) is 0 Å². The molecule has 3 aromatic rings. The maximum Gasteiger partial charge on any atom is 1.00 e. The zero-order valence-corrected chi connectivity index (χ0v) is 23.5. The third-order valence-corrected chi connectivity index (χ3v) is 6.58. The van der Waals surface area contributed by atoms with E-state index in [0.29, 0.717) is 0 Å². The van der Waals surface area contributed by atoms with Gasteiger partial charge in [-0.05, 0) is 24.3 Å². The SMILES string of the molecule is Nc1c(S(=O)(=O)[O-])cc(Nc2cccc(S(=O)(=O)[O-])c2)c2c1C(=O)c1ccccc1C2=O.[Na+].[Na+]. The van der Waals surface area contributed by atoms with Crippen LogP contribution < -0.4 is 70.2 Å². The van der Waals surface area contributed by atoms with Crippen LogP contribution >= 0.6 is 0 Å². The predicted octanol–water partition coefficient (Wildman–Crippen LogP) is -4.40. The second-order valence-corrected chi connectivity index (χ2v) is 9.58. The summed E-state index contributed by atoms with van der Waals surface area (Å²) in [5, 5.41) is 2.63. The van der Waals surface area contributed by atoms with E-state index in [0.717, 1.165) is 18.2 Å². The number of rotatable bonds is 4. The fraction of sp³-hybridized carbons (Fsp3) is 0. The summed E-state index contributed by atoms with van der Waals surface area (Å²) in [7, 11) is -9.97. The number of carbonyl (C=O) groups is 2. The van der Waals surface area contributed by atoms with Gasteiger partial charge in [0.1, 0.15) is 20.2 Å². The van der Waals surface area contributed by atoms with E-state index in [9.17, 15) is 35.5 Å². The molecule has 34 heavy (non-hydrogen) atoms. The minimum Gasteiger partial charge on any atom is -0.744 e. The molecule has 0 saturated heterocycles. The molecule has 0 atom stereocenters. The van der Waals surface area contributed by atoms with Crippen molar-refractivity contribution in [2.75, 3.05) is 11.1 Å². The number of anilines is 3. The molecular formula is C20H12N2Na2O8S2. The molecule has 14 heteroatoms. The average molecular weight is 518 g/mol. The molecule has 0 aliphatic heterocycles. The molecule has 164 valence electrons. The van der Waals surface area contributed by atoms with Crippen molar-refractivity contribution < 1.29 is 94.6 Å². The second-order valence-electron chi connectivity index (χ2n) is 6.85. The van der Waals surface area contributed by atoms with E-state index in [1.807, 2.05) is 0 Å². The van der Waals surface area contributed by atoms with Gasteiger partial charge in [-0.3, -0.25) is 9.59 Å². The first-order chi connectivity index (χ1) is 14.9. The zero-order chi connectivity index (χ0) is 23.4. The molecule has 0 amide bonds. The summed E-state index contributed by atoms with van der Waals surface area (Å²) in [6.07, 6.45) is 0. The van der Waals surface area contributed by atoms with E-state index in [1.165, 1.54) is 36.4 Å². The van der Waals surface area contributed by atoms with Gasteiger partial charge in [-0.2, -0.15) is 0 Å². The van der Waals surface area contributed by atoms with Gasteiger partial charge in [0.25, 0.3) is 0 Å². The monoisotopic (exact) mass is 518 g/mol. The maximum absolute atomic E-state index is 13.2. The van der Waals surface area contributed by atoms with Gasteiger partial charge in [-0.1, -0.05) is 30.3 Å². The van der Waals surface area contributed by atoms with Crippen molar-refractivity contribution in [3.63, 3.8) is 0 Å². The molecule has 0 unspecified atom stereocenters. The molecule has 0 saturated carbocycles. The Morgan fingerprint density at radius 2 is 1.29 bits per heavy atom. The van der Waals surface area contributed by atoms with Crippen LogP contribution in [0.4, 0.5) is 17.1 Å². The van der Waals surface area contributed by atoms with Crippen molar-refractivity contribution in [2.45, 2.75) is 9.79 Å². The first-order valence-corrected chi connectivity index (χ1v) is 11.6. The van der Waals surface area contributed by atoms with Crippen LogP contribution in [0, 0.1) is 0 Å². The van der Waals surface area contributed by atoms with E-state index < -0.39 is 52.8 Å². The molecular weight excluding hydrogens is 506 g/mol.